The minimum Gasteiger partial charge on any atom is -0.292 e. The molecule has 0 atom stereocenters. The number of fused-ring (bicyclic) bond motifs is 1. The van der Waals surface area contributed by atoms with Crippen LogP contribution in [0.25, 0.3) is 16.8 Å². The third-order valence-electron chi connectivity index (χ3n) is 3.99. The van der Waals surface area contributed by atoms with Crippen molar-refractivity contribution in [1.82, 2.24) is 24.4 Å². The molecule has 28 heavy (non-hydrogen) atoms. The maximum atomic E-state index is 13.3. The molecule has 1 N–H and O–H groups in total. The fourth-order valence-corrected chi connectivity index (χ4v) is 2.78. The van der Waals surface area contributed by atoms with E-state index in [1.54, 1.807) is 24.5 Å². The number of carbonyl (C=O) groups excluding carboxylic acids is 1. The van der Waals surface area contributed by atoms with Gasteiger partial charge >= 0.3 is 6.18 Å². The lowest BCUT2D eigenvalue weighted by Gasteiger charge is -2.12. The first-order chi connectivity index (χ1) is 13.4. The normalized spacial score (nSPS) is 11.7. The molecular weight excluding hydrogens is 373 g/mol. The van der Waals surface area contributed by atoms with Crippen molar-refractivity contribution in [3.63, 3.8) is 0 Å². The molecule has 0 saturated carbocycles. The number of halogens is 3. The van der Waals surface area contributed by atoms with Crippen molar-refractivity contribution in [3.8, 4) is 11.1 Å². The van der Waals surface area contributed by atoms with Crippen molar-refractivity contribution in [2.24, 2.45) is 0 Å². The van der Waals surface area contributed by atoms with E-state index in [4.69, 9.17) is 0 Å². The van der Waals surface area contributed by atoms with Crippen LogP contribution in [0.5, 0.6) is 0 Å². The number of anilines is 1. The zero-order valence-corrected chi connectivity index (χ0v) is 14.3. The lowest BCUT2D eigenvalue weighted by molar-refractivity contribution is -0.137. The molecule has 3 aromatic heterocycles. The molecule has 7 nitrogen and oxygen atoms in total. The van der Waals surface area contributed by atoms with E-state index in [1.807, 2.05) is 0 Å². The van der Waals surface area contributed by atoms with Gasteiger partial charge in [0.05, 0.1) is 5.56 Å². The summed E-state index contributed by atoms with van der Waals surface area (Å²) in [6.45, 7) is -0.00718. The molecule has 0 saturated heterocycles. The highest BCUT2D eigenvalue weighted by Gasteiger charge is 2.33. The number of nitrogens with zero attached hydrogens (tertiary/aromatic N) is 5. The first-order valence-electron chi connectivity index (χ1n) is 8.20. The third-order valence-corrected chi connectivity index (χ3v) is 3.99. The van der Waals surface area contributed by atoms with E-state index in [1.165, 1.54) is 39.7 Å². The van der Waals surface area contributed by atoms with Crippen LogP contribution in [0.2, 0.25) is 0 Å². The van der Waals surface area contributed by atoms with Gasteiger partial charge in [-0.25, -0.2) is 4.52 Å². The van der Waals surface area contributed by atoms with Crippen molar-refractivity contribution in [1.29, 1.82) is 0 Å². The molecule has 0 spiro atoms. The van der Waals surface area contributed by atoms with Crippen molar-refractivity contribution in [2.75, 3.05) is 5.32 Å². The van der Waals surface area contributed by atoms with Gasteiger partial charge in [0.2, 0.25) is 11.9 Å². The van der Waals surface area contributed by atoms with Crippen LogP contribution < -0.4 is 5.32 Å². The molecule has 142 valence electrons. The topological polar surface area (TPSA) is 77.1 Å². The van der Waals surface area contributed by atoms with Crippen LogP contribution in [0.1, 0.15) is 5.56 Å². The average Bonchev–Trinajstić information content (AvgIpc) is 3.29. The molecule has 0 aliphatic rings. The van der Waals surface area contributed by atoms with Gasteiger partial charge in [0.25, 0.3) is 0 Å². The van der Waals surface area contributed by atoms with E-state index in [2.05, 4.69) is 20.5 Å². The Kier molecular flexibility index (Phi) is 4.30. The molecule has 10 heteroatoms. The number of pyridine rings is 1. The van der Waals surface area contributed by atoms with Gasteiger partial charge in [-0.15, -0.1) is 5.10 Å². The predicted molar refractivity (Wildman–Crippen MR) is 94.3 cm³/mol. The Morgan fingerprint density at radius 3 is 2.68 bits per heavy atom. The van der Waals surface area contributed by atoms with E-state index in [9.17, 15) is 18.0 Å². The number of carbonyl (C=O) groups is 1. The molecule has 4 rings (SSSR count). The molecule has 4 aromatic rings. The van der Waals surface area contributed by atoms with Gasteiger partial charge in [-0.3, -0.25) is 14.8 Å². The molecular formula is C18H13F3N6O. The molecule has 3 heterocycles. The minimum absolute atomic E-state index is 0.00718. The number of hydrogen-bond acceptors (Lipinski definition) is 4. The summed E-state index contributed by atoms with van der Waals surface area (Å²) in [5, 5.41) is 10.6. The zero-order valence-electron chi connectivity index (χ0n) is 14.3. The van der Waals surface area contributed by atoms with Crippen LogP contribution >= 0.6 is 0 Å². The number of hydrogen-bond donors (Lipinski definition) is 1. The summed E-state index contributed by atoms with van der Waals surface area (Å²) >= 11 is 0. The highest BCUT2D eigenvalue weighted by Crippen LogP contribution is 2.36. The Balaban J connectivity index is 1.62. The standard InChI is InChI=1S/C18H13F3N6O/c19-18(20,21)14-5-2-1-4-13(14)12-6-7-15-23-17(25-27(15)10-12)24-16(28)11-26-9-3-8-22-26/h1-10H,11H2,(H,24,25,28). The van der Waals surface area contributed by atoms with E-state index in [-0.39, 0.29) is 24.0 Å². The van der Waals surface area contributed by atoms with Crippen LogP contribution in [0.3, 0.4) is 0 Å². The Hall–Kier alpha value is -3.69. The second-order valence-corrected chi connectivity index (χ2v) is 5.95. The minimum atomic E-state index is -4.47. The summed E-state index contributed by atoms with van der Waals surface area (Å²) in [6.07, 6.45) is 0.160. The Morgan fingerprint density at radius 1 is 1.11 bits per heavy atom. The quantitative estimate of drug-likeness (QED) is 0.584. The summed E-state index contributed by atoms with van der Waals surface area (Å²) < 4.78 is 42.6. The first kappa shape index (κ1) is 17.7. The van der Waals surface area contributed by atoms with Crippen LogP contribution in [-0.4, -0.2) is 30.3 Å². The average molecular weight is 386 g/mol. The van der Waals surface area contributed by atoms with Crippen molar-refractivity contribution in [3.05, 3.63) is 66.6 Å². The second kappa shape index (κ2) is 6.80. The lowest BCUT2D eigenvalue weighted by atomic mass is 10.0. The molecule has 0 unspecified atom stereocenters. The third kappa shape index (κ3) is 3.56. The summed E-state index contributed by atoms with van der Waals surface area (Å²) in [5.41, 5.74) is 0.0289. The van der Waals surface area contributed by atoms with Gasteiger partial charge in [-0.05, 0) is 29.8 Å². The number of aromatic nitrogens is 5. The van der Waals surface area contributed by atoms with Crippen molar-refractivity contribution in [2.45, 2.75) is 12.7 Å². The monoisotopic (exact) mass is 386 g/mol. The Morgan fingerprint density at radius 2 is 1.93 bits per heavy atom. The largest absolute Gasteiger partial charge is 0.417 e. The van der Waals surface area contributed by atoms with Gasteiger partial charge in [-0.1, -0.05) is 18.2 Å². The summed E-state index contributed by atoms with van der Waals surface area (Å²) in [5.74, 6) is -0.319. The van der Waals surface area contributed by atoms with E-state index < -0.39 is 11.7 Å². The fraction of sp³-hybridized carbons (Fsp3) is 0.111. The van der Waals surface area contributed by atoms with Crippen molar-refractivity contribution >= 4 is 17.5 Å². The first-order valence-corrected chi connectivity index (χ1v) is 8.20. The van der Waals surface area contributed by atoms with Gasteiger partial charge in [-0.2, -0.15) is 23.3 Å². The van der Waals surface area contributed by atoms with Crippen LogP contribution in [0, 0.1) is 0 Å². The summed E-state index contributed by atoms with van der Waals surface area (Å²) in [4.78, 5) is 16.2. The fourth-order valence-electron chi connectivity index (χ4n) is 2.78. The maximum absolute atomic E-state index is 13.3. The molecule has 0 radical (unpaired) electrons. The number of benzene rings is 1. The van der Waals surface area contributed by atoms with Gasteiger partial charge in [0.1, 0.15) is 6.54 Å². The highest BCUT2D eigenvalue weighted by atomic mass is 19.4. The highest BCUT2D eigenvalue weighted by molar-refractivity contribution is 5.88. The summed E-state index contributed by atoms with van der Waals surface area (Å²) in [7, 11) is 0. The zero-order chi connectivity index (χ0) is 19.7. The van der Waals surface area contributed by atoms with Gasteiger partial charge < -0.3 is 0 Å². The number of alkyl halides is 3. The molecule has 1 amide bonds. The smallest absolute Gasteiger partial charge is 0.292 e. The molecule has 1 aromatic carbocycles. The SMILES string of the molecule is O=C(Cn1cccn1)Nc1nc2ccc(-c3ccccc3C(F)(F)F)cn2n1. The van der Waals surface area contributed by atoms with E-state index in [0.29, 0.717) is 11.2 Å². The Bertz CT molecular complexity index is 1130. The van der Waals surface area contributed by atoms with Crippen LogP contribution in [0.4, 0.5) is 19.1 Å². The van der Waals surface area contributed by atoms with Crippen LogP contribution in [-0.2, 0) is 17.5 Å². The molecule has 0 fully saturated rings. The Labute approximate surface area is 156 Å². The number of nitrogens with one attached hydrogen (secondary N) is 1. The number of amides is 1. The van der Waals surface area contributed by atoms with E-state index >= 15 is 0 Å². The predicted octanol–water partition coefficient (Wildman–Crippen LogP) is 3.25. The van der Waals surface area contributed by atoms with Crippen molar-refractivity contribution < 1.29 is 18.0 Å². The molecule has 0 aliphatic heterocycles. The van der Waals surface area contributed by atoms with Gasteiger partial charge in [0, 0.05) is 24.2 Å². The molecule has 0 bridgehead atoms. The maximum Gasteiger partial charge on any atom is 0.417 e. The van der Waals surface area contributed by atoms with Gasteiger partial charge in [0.15, 0.2) is 5.65 Å². The number of rotatable bonds is 4. The lowest BCUT2D eigenvalue weighted by Crippen LogP contribution is -2.19. The summed E-state index contributed by atoms with van der Waals surface area (Å²) in [6, 6.07) is 10.1. The second-order valence-electron chi connectivity index (χ2n) is 5.95. The molecule has 0 aliphatic carbocycles. The van der Waals surface area contributed by atoms with Crippen LogP contribution in [0.15, 0.2) is 61.1 Å². The van der Waals surface area contributed by atoms with E-state index in [0.717, 1.165) is 6.07 Å².